The standard InChI is InChI=1S/C21H23NO3/c1-25-19(23)15-4-5-18-14(10-15)7-9-22(18)20(24)21-8-6-13-2-3-16(11-21)17(13)12-21/h4-6,10,16-17H,2-3,7-9,11-12H2,1H3. The van der Waals surface area contributed by atoms with Gasteiger partial charge >= 0.3 is 5.97 Å². The third-order valence-corrected chi connectivity index (χ3v) is 6.96. The van der Waals surface area contributed by atoms with Crippen LogP contribution in [0.15, 0.2) is 29.8 Å². The molecule has 130 valence electrons. The average Bonchev–Trinajstić information content (AvgIpc) is 3.29. The number of methoxy groups -OCH3 is 1. The lowest BCUT2D eigenvalue weighted by molar-refractivity contribution is -0.128. The first-order valence-corrected chi connectivity index (χ1v) is 9.33. The first-order chi connectivity index (χ1) is 12.1. The quantitative estimate of drug-likeness (QED) is 0.613. The fraction of sp³-hybridized carbons (Fsp3) is 0.524. The van der Waals surface area contributed by atoms with Crippen molar-refractivity contribution >= 4 is 17.6 Å². The van der Waals surface area contributed by atoms with Crippen molar-refractivity contribution in [3.05, 3.63) is 41.0 Å². The maximum Gasteiger partial charge on any atom is 0.337 e. The van der Waals surface area contributed by atoms with Gasteiger partial charge in [-0.2, -0.15) is 0 Å². The molecule has 2 saturated carbocycles. The number of benzene rings is 1. The van der Waals surface area contributed by atoms with E-state index in [1.54, 1.807) is 11.6 Å². The van der Waals surface area contributed by atoms with Gasteiger partial charge in [0.15, 0.2) is 0 Å². The first kappa shape index (κ1) is 15.2. The van der Waals surface area contributed by atoms with Gasteiger partial charge in [0.2, 0.25) is 5.91 Å². The summed E-state index contributed by atoms with van der Waals surface area (Å²) in [6.45, 7) is 0.729. The Morgan fingerprint density at radius 1 is 1.24 bits per heavy atom. The fourth-order valence-corrected chi connectivity index (χ4v) is 5.74. The van der Waals surface area contributed by atoms with Crippen LogP contribution in [0.1, 0.15) is 48.0 Å². The fourth-order valence-electron chi connectivity index (χ4n) is 5.74. The van der Waals surface area contributed by atoms with Crippen molar-refractivity contribution < 1.29 is 14.3 Å². The van der Waals surface area contributed by atoms with Gasteiger partial charge in [-0.05, 0) is 74.1 Å². The summed E-state index contributed by atoms with van der Waals surface area (Å²) >= 11 is 0. The van der Waals surface area contributed by atoms with Gasteiger partial charge in [0.1, 0.15) is 0 Å². The SMILES string of the molecule is COC(=O)c1ccc2c(c1)CCN2C(=O)C12CC=C3CCC(C1)C3C2. The van der Waals surface area contributed by atoms with E-state index in [0.29, 0.717) is 17.4 Å². The minimum Gasteiger partial charge on any atom is -0.465 e. The largest absolute Gasteiger partial charge is 0.465 e. The number of carbonyl (C=O) groups excluding carboxylic acids is 2. The van der Waals surface area contributed by atoms with E-state index in [1.165, 1.54) is 20.0 Å². The highest BCUT2D eigenvalue weighted by Gasteiger charge is 2.56. The normalized spacial score (nSPS) is 31.7. The highest BCUT2D eigenvalue weighted by molar-refractivity contribution is 6.01. The van der Waals surface area contributed by atoms with E-state index in [1.807, 2.05) is 17.0 Å². The van der Waals surface area contributed by atoms with E-state index >= 15 is 0 Å². The molecule has 0 aromatic heterocycles. The van der Waals surface area contributed by atoms with Crippen molar-refractivity contribution in [2.75, 3.05) is 18.6 Å². The topological polar surface area (TPSA) is 46.6 Å². The number of rotatable bonds is 2. The summed E-state index contributed by atoms with van der Waals surface area (Å²) in [5, 5.41) is 0. The van der Waals surface area contributed by atoms with Gasteiger partial charge in [0.25, 0.3) is 0 Å². The molecule has 0 radical (unpaired) electrons. The number of carbonyl (C=O) groups is 2. The second-order valence-electron chi connectivity index (χ2n) is 8.12. The minimum atomic E-state index is -0.320. The van der Waals surface area contributed by atoms with E-state index < -0.39 is 0 Å². The van der Waals surface area contributed by atoms with Crippen LogP contribution >= 0.6 is 0 Å². The number of anilines is 1. The van der Waals surface area contributed by atoms with Gasteiger partial charge in [0, 0.05) is 12.2 Å². The smallest absolute Gasteiger partial charge is 0.337 e. The summed E-state index contributed by atoms with van der Waals surface area (Å²) in [5.41, 5.74) is 4.07. The molecule has 1 amide bonds. The van der Waals surface area contributed by atoms with Crippen LogP contribution in [0.25, 0.3) is 0 Å². The summed E-state index contributed by atoms with van der Waals surface area (Å²) < 4.78 is 4.81. The zero-order chi connectivity index (χ0) is 17.2. The van der Waals surface area contributed by atoms with Crippen LogP contribution < -0.4 is 4.90 Å². The molecule has 1 heterocycles. The molecule has 25 heavy (non-hydrogen) atoms. The van der Waals surface area contributed by atoms with Crippen molar-refractivity contribution in [3.8, 4) is 0 Å². The Balaban J connectivity index is 1.45. The Bertz CT molecular complexity index is 811. The van der Waals surface area contributed by atoms with Crippen LogP contribution in [0, 0.1) is 17.3 Å². The molecule has 0 spiro atoms. The summed E-state index contributed by atoms with van der Waals surface area (Å²) in [4.78, 5) is 27.2. The zero-order valence-corrected chi connectivity index (χ0v) is 14.6. The molecule has 3 aliphatic carbocycles. The predicted octanol–water partition coefficient (Wildman–Crippen LogP) is 3.50. The van der Waals surface area contributed by atoms with E-state index in [0.717, 1.165) is 49.4 Å². The lowest BCUT2D eigenvalue weighted by Gasteiger charge is -2.35. The minimum absolute atomic E-state index is 0.179. The van der Waals surface area contributed by atoms with E-state index in [4.69, 9.17) is 4.74 Å². The molecule has 2 fully saturated rings. The van der Waals surface area contributed by atoms with E-state index in [9.17, 15) is 9.59 Å². The monoisotopic (exact) mass is 337 g/mol. The van der Waals surface area contributed by atoms with Crippen LogP contribution in [0.4, 0.5) is 5.69 Å². The number of fused-ring (bicyclic) bond motifs is 2. The molecule has 1 aromatic carbocycles. The number of ether oxygens (including phenoxy) is 1. The second-order valence-corrected chi connectivity index (χ2v) is 8.12. The summed E-state index contributed by atoms with van der Waals surface area (Å²) in [5.74, 6) is 1.38. The Hall–Kier alpha value is -2.10. The molecule has 4 aliphatic rings. The Morgan fingerprint density at radius 3 is 2.96 bits per heavy atom. The Kier molecular flexibility index (Phi) is 3.16. The summed E-state index contributed by atoms with van der Waals surface area (Å²) in [6.07, 6.45) is 8.73. The molecular formula is C21H23NO3. The molecule has 3 atom stereocenters. The van der Waals surface area contributed by atoms with Gasteiger partial charge in [-0.1, -0.05) is 11.6 Å². The Morgan fingerprint density at radius 2 is 2.12 bits per heavy atom. The molecule has 5 rings (SSSR count). The molecular weight excluding hydrogens is 314 g/mol. The molecule has 2 bridgehead atoms. The first-order valence-electron chi connectivity index (χ1n) is 9.33. The number of esters is 1. The predicted molar refractivity (Wildman–Crippen MR) is 94.4 cm³/mol. The third kappa shape index (κ3) is 2.06. The summed E-state index contributed by atoms with van der Waals surface area (Å²) in [6, 6.07) is 5.58. The van der Waals surface area contributed by atoms with Crippen molar-refractivity contribution in [1.29, 1.82) is 0 Å². The highest BCUT2D eigenvalue weighted by Crippen LogP contribution is 2.61. The van der Waals surface area contributed by atoms with Gasteiger partial charge in [-0.15, -0.1) is 0 Å². The van der Waals surface area contributed by atoms with Gasteiger partial charge in [-0.25, -0.2) is 4.79 Å². The molecule has 1 aliphatic heterocycles. The van der Waals surface area contributed by atoms with Crippen molar-refractivity contribution in [2.24, 2.45) is 17.3 Å². The highest BCUT2D eigenvalue weighted by atomic mass is 16.5. The Labute approximate surface area is 147 Å². The maximum absolute atomic E-state index is 13.5. The van der Waals surface area contributed by atoms with Crippen LogP contribution in [-0.4, -0.2) is 25.5 Å². The van der Waals surface area contributed by atoms with Crippen LogP contribution in [-0.2, 0) is 16.0 Å². The van der Waals surface area contributed by atoms with Crippen LogP contribution in [0.5, 0.6) is 0 Å². The lowest BCUT2D eigenvalue weighted by atomic mass is 9.75. The van der Waals surface area contributed by atoms with Gasteiger partial charge in [-0.3, -0.25) is 4.79 Å². The van der Waals surface area contributed by atoms with E-state index in [2.05, 4.69) is 6.08 Å². The van der Waals surface area contributed by atoms with Crippen molar-refractivity contribution in [3.63, 3.8) is 0 Å². The lowest BCUT2D eigenvalue weighted by Crippen LogP contribution is -2.43. The molecule has 0 N–H and O–H groups in total. The van der Waals surface area contributed by atoms with E-state index in [-0.39, 0.29) is 11.4 Å². The summed E-state index contributed by atoms with van der Waals surface area (Å²) in [7, 11) is 1.40. The molecule has 0 saturated heterocycles. The number of hydrogen-bond acceptors (Lipinski definition) is 3. The van der Waals surface area contributed by atoms with Crippen LogP contribution in [0.2, 0.25) is 0 Å². The number of amides is 1. The molecule has 3 unspecified atom stereocenters. The van der Waals surface area contributed by atoms with Gasteiger partial charge in [0.05, 0.1) is 18.1 Å². The average molecular weight is 337 g/mol. The number of allylic oxidation sites excluding steroid dienone is 2. The zero-order valence-electron chi connectivity index (χ0n) is 14.6. The second kappa shape index (κ2) is 5.20. The van der Waals surface area contributed by atoms with Gasteiger partial charge < -0.3 is 9.64 Å². The van der Waals surface area contributed by atoms with Crippen LogP contribution in [0.3, 0.4) is 0 Å². The molecule has 4 heteroatoms. The number of hydrogen-bond donors (Lipinski definition) is 0. The van der Waals surface area contributed by atoms with Crippen molar-refractivity contribution in [1.82, 2.24) is 0 Å². The third-order valence-electron chi connectivity index (χ3n) is 6.96. The number of nitrogens with zero attached hydrogens (tertiary/aromatic N) is 1. The maximum atomic E-state index is 13.5. The van der Waals surface area contributed by atoms with Crippen molar-refractivity contribution in [2.45, 2.75) is 38.5 Å². The molecule has 1 aromatic rings. The molecule has 4 nitrogen and oxygen atoms in total.